The Labute approximate surface area is 182 Å². The quantitative estimate of drug-likeness (QED) is 0.497. The Morgan fingerprint density at radius 2 is 1.58 bits per heavy atom. The fourth-order valence-corrected chi connectivity index (χ4v) is 3.73. The smallest absolute Gasteiger partial charge is 0.365 e. The summed E-state index contributed by atoms with van der Waals surface area (Å²) in [6, 6.07) is 23.7. The number of hydrogen-bond donors (Lipinski definition) is 1. The molecule has 0 spiro atoms. The lowest BCUT2D eigenvalue weighted by Crippen LogP contribution is -2.92. The van der Waals surface area contributed by atoms with Gasteiger partial charge in [0.15, 0.2) is 6.04 Å². The first kappa shape index (κ1) is 22.7. The molecule has 0 bridgehead atoms. The van der Waals surface area contributed by atoms with Crippen molar-refractivity contribution >= 4 is 16.1 Å². The zero-order valence-electron chi connectivity index (χ0n) is 17.2. The Morgan fingerprint density at radius 3 is 2.23 bits per heavy atom. The van der Waals surface area contributed by atoms with Gasteiger partial charge in [-0.15, -0.1) is 0 Å². The first-order valence-corrected chi connectivity index (χ1v) is 11.4. The summed E-state index contributed by atoms with van der Waals surface area (Å²) < 4.78 is 36.6. The minimum absolute atomic E-state index is 0.117. The monoisotopic (exact) mass is 439 g/mol. The predicted molar refractivity (Wildman–Crippen MR) is 115 cm³/mol. The van der Waals surface area contributed by atoms with Gasteiger partial charge < -0.3 is 14.6 Å². The third kappa shape index (κ3) is 6.75. The summed E-state index contributed by atoms with van der Waals surface area (Å²) >= 11 is 0. The van der Waals surface area contributed by atoms with E-state index in [1.807, 2.05) is 49.4 Å². The van der Waals surface area contributed by atoms with Crippen molar-refractivity contribution < 1.29 is 27.8 Å². The van der Waals surface area contributed by atoms with Crippen LogP contribution < -0.4 is 5.32 Å². The second-order valence-corrected chi connectivity index (χ2v) is 8.76. The van der Waals surface area contributed by atoms with Crippen LogP contribution in [0.2, 0.25) is 0 Å². The number of esters is 1. The van der Waals surface area contributed by atoms with Crippen LogP contribution in [0.4, 0.5) is 0 Å². The first-order chi connectivity index (χ1) is 14.8. The lowest BCUT2D eigenvalue weighted by molar-refractivity contribution is -0.696. The van der Waals surface area contributed by atoms with Crippen LogP contribution in [0.5, 0.6) is 0 Å². The largest absolute Gasteiger partial charge is 0.744 e. The van der Waals surface area contributed by atoms with Crippen molar-refractivity contribution in [1.82, 2.24) is 0 Å². The fourth-order valence-electron chi connectivity index (χ4n) is 3.27. The SMILES string of the molecule is Cc1ccc(S(=O)(=O)[O-])cc1.O=C(OCc1ccccc1)[C@@H]1Cc2ccccc2C[NH2+]1. The van der Waals surface area contributed by atoms with Gasteiger partial charge >= 0.3 is 5.97 Å². The summed E-state index contributed by atoms with van der Waals surface area (Å²) in [5.41, 5.74) is 4.53. The summed E-state index contributed by atoms with van der Waals surface area (Å²) in [6.45, 7) is 3.02. The number of carbonyl (C=O) groups excluding carboxylic acids is 1. The molecule has 0 aliphatic carbocycles. The van der Waals surface area contributed by atoms with Crippen molar-refractivity contribution in [2.75, 3.05) is 0 Å². The summed E-state index contributed by atoms with van der Waals surface area (Å²) in [4.78, 5) is 12.0. The Bertz CT molecular complexity index is 1110. The van der Waals surface area contributed by atoms with Crippen LogP contribution >= 0.6 is 0 Å². The van der Waals surface area contributed by atoms with Crippen LogP contribution in [0, 0.1) is 6.92 Å². The van der Waals surface area contributed by atoms with Gasteiger partial charge in [-0.1, -0.05) is 72.3 Å². The topological polar surface area (TPSA) is 100 Å². The van der Waals surface area contributed by atoms with Gasteiger partial charge in [0.05, 0.1) is 4.90 Å². The van der Waals surface area contributed by atoms with E-state index in [2.05, 4.69) is 17.4 Å². The minimum Gasteiger partial charge on any atom is -0.744 e. The lowest BCUT2D eigenvalue weighted by atomic mass is 9.96. The van der Waals surface area contributed by atoms with Gasteiger partial charge in [-0.25, -0.2) is 13.2 Å². The van der Waals surface area contributed by atoms with Crippen molar-refractivity contribution in [1.29, 1.82) is 0 Å². The molecule has 31 heavy (non-hydrogen) atoms. The maximum atomic E-state index is 12.1. The Balaban J connectivity index is 0.000000210. The Hall–Kier alpha value is -3.00. The number of nitrogens with two attached hydrogens (primary N) is 1. The molecular formula is C24H25NO5S. The lowest BCUT2D eigenvalue weighted by Gasteiger charge is -2.21. The van der Waals surface area contributed by atoms with Gasteiger partial charge in [0, 0.05) is 12.0 Å². The average Bonchev–Trinajstić information content (AvgIpc) is 2.78. The maximum absolute atomic E-state index is 12.1. The molecule has 1 aliphatic heterocycles. The van der Waals surface area contributed by atoms with Crippen LogP contribution in [0.25, 0.3) is 0 Å². The van der Waals surface area contributed by atoms with Gasteiger partial charge in [-0.05, 0) is 30.2 Å². The molecule has 0 saturated carbocycles. The van der Waals surface area contributed by atoms with E-state index in [0.29, 0.717) is 6.61 Å². The molecule has 2 N–H and O–H groups in total. The van der Waals surface area contributed by atoms with Crippen LogP contribution in [0.15, 0.2) is 83.8 Å². The first-order valence-electron chi connectivity index (χ1n) is 9.96. The van der Waals surface area contributed by atoms with Gasteiger partial charge in [-0.2, -0.15) is 0 Å². The molecule has 3 aromatic rings. The van der Waals surface area contributed by atoms with E-state index in [9.17, 15) is 17.8 Å². The van der Waals surface area contributed by atoms with Gasteiger partial charge in [0.1, 0.15) is 23.3 Å². The molecule has 0 saturated heterocycles. The molecule has 0 aromatic heterocycles. The maximum Gasteiger partial charge on any atom is 0.365 e. The molecule has 4 rings (SSSR count). The van der Waals surface area contributed by atoms with Gasteiger partial charge in [-0.3, -0.25) is 0 Å². The van der Waals surface area contributed by atoms with Crippen molar-refractivity contribution in [3.05, 3.63) is 101 Å². The Morgan fingerprint density at radius 1 is 0.968 bits per heavy atom. The van der Waals surface area contributed by atoms with E-state index in [0.717, 1.165) is 24.1 Å². The second-order valence-electron chi connectivity index (χ2n) is 7.38. The molecule has 3 aromatic carbocycles. The standard InChI is InChI=1S/C17H17NO2.C7H8O3S/c19-17(20-12-13-6-2-1-3-7-13)16-10-14-8-4-5-9-15(14)11-18-16;1-6-2-4-7(5-3-6)11(8,9)10/h1-9,16,18H,10-12H2;2-5H,1H3,(H,8,9,10)/t16-;/m0./s1. The molecular weight excluding hydrogens is 414 g/mol. The van der Waals surface area contributed by atoms with Crippen molar-refractivity contribution in [2.24, 2.45) is 0 Å². The zero-order valence-corrected chi connectivity index (χ0v) is 18.0. The molecule has 6 nitrogen and oxygen atoms in total. The van der Waals surface area contributed by atoms with E-state index >= 15 is 0 Å². The molecule has 0 unspecified atom stereocenters. The summed E-state index contributed by atoms with van der Waals surface area (Å²) in [5.74, 6) is -0.122. The van der Waals surface area contributed by atoms with E-state index in [1.165, 1.54) is 23.3 Å². The number of aryl methyl sites for hydroxylation is 1. The molecule has 1 atom stereocenters. The highest BCUT2D eigenvalue weighted by atomic mass is 32.2. The van der Waals surface area contributed by atoms with Crippen LogP contribution in [0.3, 0.4) is 0 Å². The number of rotatable bonds is 4. The summed E-state index contributed by atoms with van der Waals surface area (Å²) in [5, 5.41) is 2.07. The predicted octanol–water partition coefficient (Wildman–Crippen LogP) is 2.32. The summed E-state index contributed by atoms with van der Waals surface area (Å²) in [6.07, 6.45) is 0.754. The third-order valence-corrected chi connectivity index (χ3v) is 5.87. The molecule has 0 radical (unpaired) electrons. The molecule has 162 valence electrons. The van der Waals surface area contributed by atoms with Crippen molar-refractivity contribution in [3.63, 3.8) is 0 Å². The van der Waals surface area contributed by atoms with Crippen LogP contribution in [-0.4, -0.2) is 25.0 Å². The molecule has 1 heterocycles. The van der Waals surface area contributed by atoms with E-state index in [1.54, 1.807) is 12.1 Å². The molecule has 0 fully saturated rings. The van der Waals surface area contributed by atoms with Crippen LogP contribution in [0.1, 0.15) is 22.3 Å². The van der Waals surface area contributed by atoms with E-state index in [-0.39, 0.29) is 16.9 Å². The second kappa shape index (κ2) is 10.3. The van der Waals surface area contributed by atoms with E-state index < -0.39 is 10.1 Å². The van der Waals surface area contributed by atoms with Gasteiger partial charge in [0.25, 0.3) is 0 Å². The average molecular weight is 440 g/mol. The normalized spacial score (nSPS) is 15.2. The zero-order chi connectivity index (χ0) is 22.3. The highest BCUT2D eigenvalue weighted by molar-refractivity contribution is 7.85. The number of ether oxygens (including phenoxy) is 1. The molecule has 7 heteroatoms. The van der Waals surface area contributed by atoms with E-state index in [4.69, 9.17) is 4.74 Å². The minimum atomic E-state index is -4.27. The summed E-state index contributed by atoms with van der Waals surface area (Å²) in [7, 11) is -4.27. The molecule has 1 aliphatic rings. The number of hydrogen-bond acceptors (Lipinski definition) is 5. The number of fused-ring (bicyclic) bond motifs is 1. The van der Waals surface area contributed by atoms with Crippen molar-refractivity contribution in [3.8, 4) is 0 Å². The van der Waals surface area contributed by atoms with Crippen LogP contribution in [-0.2, 0) is 39.2 Å². The fraction of sp³-hybridized carbons (Fsp3) is 0.208. The van der Waals surface area contributed by atoms with Gasteiger partial charge in [0.2, 0.25) is 0 Å². The number of carbonyl (C=O) groups is 1. The number of quaternary nitrogens is 1. The highest BCUT2D eigenvalue weighted by Gasteiger charge is 2.28. The van der Waals surface area contributed by atoms with Crippen molar-refractivity contribution in [2.45, 2.75) is 37.4 Å². The Kier molecular flexibility index (Phi) is 7.57. The third-order valence-electron chi connectivity index (χ3n) is 5.02. The number of benzene rings is 3. The molecule has 0 amide bonds. The highest BCUT2D eigenvalue weighted by Crippen LogP contribution is 2.13.